The van der Waals surface area contributed by atoms with Gasteiger partial charge in [0.15, 0.2) is 0 Å². The second-order valence-corrected chi connectivity index (χ2v) is 5.62. The van der Waals surface area contributed by atoms with Crippen LogP contribution in [0.5, 0.6) is 0 Å². The lowest BCUT2D eigenvalue weighted by Crippen LogP contribution is -2.38. The number of benzene rings is 1. The molecule has 0 atom stereocenters. The molecule has 0 aliphatic carbocycles. The highest BCUT2D eigenvalue weighted by Gasteiger charge is 2.22. The number of hydrogen-bond acceptors (Lipinski definition) is 2. The van der Waals surface area contributed by atoms with Gasteiger partial charge in [0, 0.05) is 11.9 Å². The van der Waals surface area contributed by atoms with Crippen molar-refractivity contribution in [3.8, 4) is 0 Å². The van der Waals surface area contributed by atoms with Gasteiger partial charge in [-0.05, 0) is 16.4 Å². The maximum atomic E-state index is 9.95. The van der Waals surface area contributed by atoms with Crippen molar-refractivity contribution >= 4 is 28.5 Å². The van der Waals surface area contributed by atoms with Crippen molar-refractivity contribution in [3.05, 3.63) is 29.8 Å². The standard InChI is InChI=1S/C12H18BBrO2/c1-12(2,3)9-16-13(15)11-7-5-4-6-10(11)8-14/h4-7,15H,8-9H2,1-3H3. The summed E-state index contributed by atoms with van der Waals surface area (Å²) in [5, 5.41) is 10.7. The normalized spacial score (nSPS) is 11.6. The zero-order valence-electron chi connectivity index (χ0n) is 10.0. The Bertz CT molecular complexity index is 336. The fraction of sp³-hybridized carbons (Fsp3) is 0.500. The van der Waals surface area contributed by atoms with Crippen molar-refractivity contribution in [2.45, 2.75) is 26.1 Å². The summed E-state index contributed by atoms with van der Waals surface area (Å²) in [7, 11) is -0.840. The maximum Gasteiger partial charge on any atom is 0.491 e. The first-order valence-corrected chi connectivity index (χ1v) is 6.49. The Kier molecular flexibility index (Phi) is 5.03. The minimum atomic E-state index is -0.840. The van der Waals surface area contributed by atoms with E-state index in [2.05, 4.69) is 36.7 Å². The summed E-state index contributed by atoms with van der Waals surface area (Å²) >= 11 is 3.40. The summed E-state index contributed by atoms with van der Waals surface area (Å²) in [5.74, 6) is 0. The third kappa shape index (κ3) is 4.28. The third-order valence-corrected chi connectivity index (χ3v) is 2.74. The molecule has 0 heterocycles. The molecular formula is C12H18BBrO2. The molecule has 0 amide bonds. The Hall–Kier alpha value is -0.315. The lowest BCUT2D eigenvalue weighted by molar-refractivity contribution is 0.174. The Morgan fingerprint density at radius 2 is 1.94 bits per heavy atom. The summed E-state index contributed by atoms with van der Waals surface area (Å²) < 4.78 is 5.47. The van der Waals surface area contributed by atoms with Gasteiger partial charge in [0.1, 0.15) is 0 Å². The molecule has 0 radical (unpaired) electrons. The van der Waals surface area contributed by atoms with E-state index in [-0.39, 0.29) is 5.41 Å². The first-order valence-electron chi connectivity index (χ1n) is 5.37. The van der Waals surface area contributed by atoms with Crippen LogP contribution in [0.15, 0.2) is 24.3 Å². The summed E-state index contributed by atoms with van der Waals surface area (Å²) in [6.07, 6.45) is 0. The van der Waals surface area contributed by atoms with Crippen molar-refractivity contribution in [2.24, 2.45) is 5.41 Å². The molecule has 1 aromatic rings. The predicted molar refractivity (Wildman–Crippen MR) is 72.1 cm³/mol. The van der Waals surface area contributed by atoms with E-state index < -0.39 is 7.12 Å². The highest BCUT2D eigenvalue weighted by atomic mass is 79.9. The van der Waals surface area contributed by atoms with E-state index in [1.807, 2.05) is 24.3 Å². The smallest absolute Gasteiger partial charge is 0.423 e. The second kappa shape index (κ2) is 5.85. The summed E-state index contributed by atoms with van der Waals surface area (Å²) in [6.45, 7) is 6.77. The topological polar surface area (TPSA) is 29.5 Å². The monoisotopic (exact) mass is 284 g/mol. The second-order valence-electron chi connectivity index (χ2n) is 5.06. The van der Waals surface area contributed by atoms with Crippen LogP contribution in [0.1, 0.15) is 26.3 Å². The predicted octanol–water partition coefficient (Wildman–Crippen LogP) is 2.33. The molecule has 0 spiro atoms. The first kappa shape index (κ1) is 13.7. The molecule has 0 saturated heterocycles. The molecular weight excluding hydrogens is 267 g/mol. The van der Waals surface area contributed by atoms with Crippen LogP contribution in [0.3, 0.4) is 0 Å². The van der Waals surface area contributed by atoms with Gasteiger partial charge in [-0.1, -0.05) is 61.0 Å². The molecule has 2 nitrogen and oxygen atoms in total. The van der Waals surface area contributed by atoms with E-state index in [0.717, 1.165) is 16.4 Å². The fourth-order valence-corrected chi connectivity index (χ4v) is 1.83. The molecule has 0 unspecified atom stereocenters. The van der Waals surface area contributed by atoms with Gasteiger partial charge < -0.3 is 9.68 Å². The maximum absolute atomic E-state index is 9.95. The first-order chi connectivity index (χ1) is 7.44. The van der Waals surface area contributed by atoms with Gasteiger partial charge in [0.2, 0.25) is 0 Å². The Labute approximate surface area is 106 Å². The molecule has 0 saturated carbocycles. The van der Waals surface area contributed by atoms with Gasteiger partial charge in [-0.3, -0.25) is 0 Å². The number of alkyl halides is 1. The lowest BCUT2D eigenvalue weighted by Gasteiger charge is -2.20. The third-order valence-electron chi connectivity index (χ3n) is 2.14. The minimum Gasteiger partial charge on any atom is -0.423 e. The minimum absolute atomic E-state index is 0.0598. The number of halogens is 1. The van der Waals surface area contributed by atoms with Crippen molar-refractivity contribution in [1.82, 2.24) is 0 Å². The molecule has 1 N–H and O–H groups in total. The van der Waals surface area contributed by atoms with E-state index in [1.165, 1.54) is 0 Å². The molecule has 1 rings (SSSR count). The molecule has 0 aliphatic heterocycles. The molecule has 16 heavy (non-hydrogen) atoms. The zero-order chi connectivity index (χ0) is 12.2. The molecule has 1 aromatic carbocycles. The molecule has 0 aromatic heterocycles. The molecule has 88 valence electrons. The summed E-state index contributed by atoms with van der Waals surface area (Å²) in [6, 6.07) is 7.74. The SMILES string of the molecule is CC(C)(C)COB(O)c1ccccc1CBr. The quantitative estimate of drug-likeness (QED) is 0.679. The Morgan fingerprint density at radius 3 is 2.50 bits per heavy atom. The van der Waals surface area contributed by atoms with E-state index in [1.54, 1.807) is 0 Å². The van der Waals surface area contributed by atoms with Crippen LogP contribution in [0.2, 0.25) is 0 Å². The molecule has 0 bridgehead atoms. The van der Waals surface area contributed by atoms with Gasteiger partial charge in [-0.25, -0.2) is 0 Å². The van der Waals surface area contributed by atoms with Gasteiger partial charge in [0.25, 0.3) is 0 Å². The largest absolute Gasteiger partial charge is 0.491 e. The summed E-state index contributed by atoms with van der Waals surface area (Å²) in [5.41, 5.74) is 1.96. The summed E-state index contributed by atoms with van der Waals surface area (Å²) in [4.78, 5) is 0. The van der Waals surface area contributed by atoms with Crippen LogP contribution in [0.25, 0.3) is 0 Å². The Balaban J connectivity index is 2.69. The average molecular weight is 285 g/mol. The van der Waals surface area contributed by atoms with E-state index in [9.17, 15) is 5.02 Å². The van der Waals surface area contributed by atoms with Crippen LogP contribution in [-0.2, 0) is 9.98 Å². The van der Waals surface area contributed by atoms with E-state index >= 15 is 0 Å². The van der Waals surface area contributed by atoms with Crippen molar-refractivity contribution in [3.63, 3.8) is 0 Å². The van der Waals surface area contributed by atoms with Crippen LogP contribution >= 0.6 is 15.9 Å². The highest BCUT2D eigenvalue weighted by molar-refractivity contribution is 9.08. The Morgan fingerprint density at radius 1 is 1.31 bits per heavy atom. The lowest BCUT2D eigenvalue weighted by atomic mass is 9.76. The van der Waals surface area contributed by atoms with E-state index in [0.29, 0.717) is 6.61 Å². The highest BCUT2D eigenvalue weighted by Crippen LogP contribution is 2.13. The molecule has 4 heteroatoms. The van der Waals surface area contributed by atoms with Crippen LogP contribution in [-0.4, -0.2) is 18.7 Å². The van der Waals surface area contributed by atoms with Crippen molar-refractivity contribution in [1.29, 1.82) is 0 Å². The van der Waals surface area contributed by atoms with Crippen LogP contribution in [0.4, 0.5) is 0 Å². The van der Waals surface area contributed by atoms with Gasteiger partial charge in [-0.2, -0.15) is 0 Å². The van der Waals surface area contributed by atoms with Crippen molar-refractivity contribution < 1.29 is 9.68 Å². The van der Waals surface area contributed by atoms with Gasteiger partial charge in [-0.15, -0.1) is 0 Å². The number of hydrogen-bond donors (Lipinski definition) is 1. The zero-order valence-corrected chi connectivity index (χ0v) is 11.6. The van der Waals surface area contributed by atoms with E-state index in [4.69, 9.17) is 4.65 Å². The number of rotatable bonds is 4. The van der Waals surface area contributed by atoms with Crippen LogP contribution < -0.4 is 5.46 Å². The van der Waals surface area contributed by atoms with Gasteiger partial charge >= 0.3 is 7.12 Å². The fourth-order valence-electron chi connectivity index (χ4n) is 1.32. The molecule has 0 aliphatic rings. The van der Waals surface area contributed by atoms with Gasteiger partial charge in [0.05, 0.1) is 0 Å². The van der Waals surface area contributed by atoms with Crippen LogP contribution in [0, 0.1) is 5.41 Å². The molecule has 0 fully saturated rings. The van der Waals surface area contributed by atoms with Crippen molar-refractivity contribution in [2.75, 3.05) is 6.61 Å². The average Bonchev–Trinajstić information content (AvgIpc) is 2.25.